The van der Waals surface area contributed by atoms with Crippen LogP contribution in [0.15, 0.2) is 72.3 Å². The Morgan fingerprint density at radius 2 is 1.87 bits per heavy atom. The zero-order valence-corrected chi connectivity index (χ0v) is 17.3. The molecular formula is C25H25FN4O. The lowest BCUT2D eigenvalue weighted by molar-refractivity contribution is 0.0954. The molecular weight excluding hydrogens is 391 g/mol. The van der Waals surface area contributed by atoms with Crippen LogP contribution in [0.2, 0.25) is 0 Å². The molecule has 0 fully saturated rings. The molecule has 0 saturated heterocycles. The molecule has 0 bridgehead atoms. The topological polar surface area (TPSA) is 66.9 Å². The predicted octanol–water partition coefficient (Wildman–Crippen LogP) is 5.65. The molecule has 1 aliphatic carbocycles. The fourth-order valence-electron chi connectivity index (χ4n) is 3.63. The first-order valence-electron chi connectivity index (χ1n) is 10.6. The van der Waals surface area contributed by atoms with Crippen LogP contribution in [-0.4, -0.2) is 22.6 Å². The molecule has 1 aliphatic rings. The molecule has 2 aromatic carbocycles. The predicted molar refractivity (Wildman–Crippen MR) is 121 cm³/mol. The first kappa shape index (κ1) is 20.7. The molecule has 1 aromatic heterocycles. The number of hydrogen-bond donors (Lipinski definition) is 2. The van der Waals surface area contributed by atoms with E-state index in [0.717, 1.165) is 30.5 Å². The van der Waals surface area contributed by atoms with Gasteiger partial charge in [0.1, 0.15) is 5.82 Å². The Morgan fingerprint density at radius 3 is 2.61 bits per heavy atom. The molecule has 0 spiro atoms. The lowest BCUT2D eigenvalue weighted by Crippen LogP contribution is -2.24. The normalized spacial score (nSPS) is 13.4. The molecule has 0 saturated carbocycles. The highest BCUT2D eigenvalue weighted by Crippen LogP contribution is 2.21. The van der Waals surface area contributed by atoms with Gasteiger partial charge in [0.05, 0.1) is 5.69 Å². The molecule has 31 heavy (non-hydrogen) atoms. The van der Waals surface area contributed by atoms with Crippen LogP contribution in [0.25, 0.3) is 11.3 Å². The number of hydrogen-bond acceptors (Lipinski definition) is 4. The van der Waals surface area contributed by atoms with Crippen LogP contribution in [0, 0.1) is 5.82 Å². The Balaban J connectivity index is 1.35. The average molecular weight is 417 g/mol. The number of nitrogens with zero attached hydrogens (tertiary/aromatic N) is 2. The number of allylic oxidation sites excluding steroid dienone is 1. The number of anilines is 2. The van der Waals surface area contributed by atoms with Crippen molar-refractivity contribution >= 4 is 17.4 Å². The minimum absolute atomic E-state index is 0.0854. The van der Waals surface area contributed by atoms with Crippen molar-refractivity contribution in [2.45, 2.75) is 32.1 Å². The lowest BCUT2D eigenvalue weighted by atomic mass is 9.97. The van der Waals surface area contributed by atoms with Gasteiger partial charge < -0.3 is 10.6 Å². The molecule has 0 aliphatic heterocycles. The Bertz CT molecular complexity index is 1060. The zero-order valence-electron chi connectivity index (χ0n) is 17.3. The highest BCUT2D eigenvalue weighted by molar-refractivity contribution is 5.95. The lowest BCUT2D eigenvalue weighted by Gasteiger charge is -2.13. The first-order chi connectivity index (χ1) is 15.2. The van der Waals surface area contributed by atoms with Crippen molar-refractivity contribution in [2.24, 2.45) is 0 Å². The van der Waals surface area contributed by atoms with Gasteiger partial charge in [-0.2, -0.15) is 0 Å². The number of nitrogens with one attached hydrogen (secondary N) is 2. The Morgan fingerprint density at radius 1 is 1.00 bits per heavy atom. The first-order valence-corrected chi connectivity index (χ1v) is 10.6. The van der Waals surface area contributed by atoms with Crippen molar-refractivity contribution in [1.29, 1.82) is 0 Å². The van der Waals surface area contributed by atoms with Crippen molar-refractivity contribution in [2.75, 3.05) is 11.9 Å². The van der Waals surface area contributed by atoms with Gasteiger partial charge in [-0.3, -0.25) is 4.79 Å². The maximum absolute atomic E-state index is 13.1. The summed E-state index contributed by atoms with van der Waals surface area (Å²) in [5, 5.41) is 14.6. The molecule has 0 atom stereocenters. The maximum atomic E-state index is 13.1. The van der Waals surface area contributed by atoms with Crippen LogP contribution in [0.5, 0.6) is 0 Å². The fourth-order valence-corrected chi connectivity index (χ4v) is 3.63. The van der Waals surface area contributed by atoms with Crippen molar-refractivity contribution in [3.05, 3.63) is 83.7 Å². The van der Waals surface area contributed by atoms with E-state index in [2.05, 4.69) is 26.9 Å². The highest BCUT2D eigenvalue weighted by atomic mass is 19.1. The molecule has 5 nitrogen and oxygen atoms in total. The van der Waals surface area contributed by atoms with Gasteiger partial charge in [-0.1, -0.05) is 17.7 Å². The number of amides is 1. The van der Waals surface area contributed by atoms with Gasteiger partial charge in [0.25, 0.3) is 5.91 Å². The second-order valence-electron chi connectivity index (χ2n) is 7.63. The quantitative estimate of drug-likeness (QED) is 0.489. The Hall–Kier alpha value is -3.54. The summed E-state index contributed by atoms with van der Waals surface area (Å²) in [7, 11) is 0. The SMILES string of the molecule is O=C(NCCC1=CCCCC1)c1cccc(Nc2ccc(-c3ccc(F)cc3)nn2)c1. The number of aromatic nitrogens is 2. The van der Waals surface area contributed by atoms with Gasteiger partial charge in [-0.05, 0) is 86.7 Å². The standard InChI is InChI=1S/C25H25FN4O/c26-21-11-9-19(10-12-21)23-13-14-24(30-29-23)28-22-8-4-7-20(17-22)25(31)27-16-15-18-5-2-1-3-6-18/h4-5,7-14,17H,1-3,6,15-16H2,(H,27,31)(H,28,30). The van der Waals surface area contributed by atoms with Gasteiger partial charge in [-0.25, -0.2) is 4.39 Å². The minimum Gasteiger partial charge on any atom is -0.352 e. The van der Waals surface area contributed by atoms with Gasteiger partial charge in [0.2, 0.25) is 0 Å². The van der Waals surface area contributed by atoms with E-state index in [1.807, 2.05) is 18.2 Å². The second kappa shape index (κ2) is 9.98. The number of halogens is 1. The van der Waals surface area contributed by atoms with Crippen molar-refractivity contribution in [1.82, 2.24) is 15.5 Å². The van der Waals surface area contributed by atoms with E-state index in [-0.39, 0.29) is 11.7 Å². The molecule has 0 radical (unpaired) electrons. The molecule has 6 heteroatoms. The number of rotatable bonds is 7. The van der Waals surface area contributed by atoms with E-state index in [9.17, 15) is 9.18 Å². The van der Waals surface area contributed by atoms with E-state index < -0.39 is 0 Å². The smallest absolute Gasteiger partial charge is 0.251 e. The zero-order chi connectivity index (χ0) is 21.5. The summed E-state index contributed by atoms with van der Waals surface area (Å²) in [4.78, 5) is 12.5. The summed E-state index contributed by atoms with van der Waals surface area (Å²) in [6, 6.07) is 17.0. The summed E-state index contributed by atoms with van der Waals surface area (Å²) in [5.41, 5.74) is 4.25. The Kier molecular flexibility index (Phi) is 6.67. The van der Waals surface area contributed by atoms with E-state index in [4.69, 9.17) is 0 Å². The van der Waals surface area contributed by atoms with E-state index in [1.54, 1.807) is 30.3 Å². The van der Waals surface area contributed by atoms with Crippen LogP contribution in [0.1, 0.15) is 42.5 Å². The second-order valence-corrected chi connectivity index (χ2v) is 7.63. The van der Waals surface area contributed by atoms with Gasteiger partial charge in [0, 0.05) is 23.4 Å². The van der Waals surface area contributed by atoms with Crippen LogP contribution in [0.4, 0.5) is 15.9 Å². The molecule has 3 aromatic rings. The summed E-state index contributed by atoms with van der Waals surface area (Å²) in [6.45, 7) is 0.651. The number of benzene rings is 2. The van der Waals surface area contributed by atoms with Crippen LogP contribution in [-0.2, 0) is 0 Å². The maximum Gasteiger partial charge on any atom is 0.251 e. The van der Waals surface area contributed by atoms with Crippen molar-refractivity contribution < 1.29 is 9.18 Å². The molecule has 0 unspecified atom stereocenters. The largest absolute Gasteiger partial charge is 0.352 e. The molecule has 4 rings (SSSR count). The Labute approximate surface area is 181 Å². The molecule has 2 N–H and O–H groups in total. The van der Waals surface area contributed by atoms with Crippen molar-refractivity contribution in [3.63, 3.8) is 0 Å². The third-order valence-corrected chi connectivity index (χ3v) is 5.32. The summed E-state index contributed by atoms with van der Waals surface area (Å²) in [6.07, 6.45) is 8.06. The molecule has 158 valence electrons. The van der Waals surface area contributed by atoms with E-state index >= 15 is 0 Å². The number of carbonyl (C=O) groups is 1. The molecule has 1 amide bonds. The van der Waals surface area contributed by atoms with Crippen LogP contribution >= 0.6 is 0 Å². The summed E-state index contributed by atoms with van der Waals surface area (Å²) >= 11 is 0. The molecule has 1 heterocycles. The highest BCUT2D eigenvalue weighted by Gasteiger charge is 2.09. The van der Waals surface area contributed by atoms with Gasteiger partial charge in [-0.15, -0.1) is 10.2 Å². The summed E-state index contributed by atoms with van der Waals surface area (Å²) in [5.74, 6) is 0.190. The van der Waals surface area contributed by atoms with E-state index in [0.29, 0.717) is 23.6 Å². The summed E-state index contributed by atoms with van der Waals surface area (Å²) < 4.78 is 13.1. The van der Waals surface area contributed by atoms with Gasteiger partial charge >= 0.3 is 0 Å². The van der Waals surface area contributed by atoms with Crippen LogP contribution in [0.3, 0.4) is 0 Å². The minimum atomic E-state index is -0.287. The fraction of sp³-hybridized carbons (Fsp3) is 0.240. The van der Waals surface area contributed by atoms with Crippen LogP contribution < -0.4 is 10.6 Å². The van der Waals surface area contributed by atoms with Gasteiger partial charge in [0.15, 0.2) is 5.82 Å². The third-order valence-electron chi connectivity index (χ3n) is 5.32. The third kappa shape index (κ3) is 5.75. The number of carbonyl (C=O) groups excluding carboxylic acids is 1. The van der Waals surface area contributed by atoms with Crippen molar-refractivity contribution in [3.8, 4) is 11.3 Å². The average Bonchev–Trinajstić information content (AvgIpc) is 2.81. The monoisotopic (exact) mass is 416 g/mol. The van der Waals surface area contributed by atoms with E-state index in [1.165, 1.54) is 30.5 Å².